The number of piperazine rings is 1. The first-order chi connectivity index (χ1) is 8.15. The van der Waals surface area contributed by atoms with E-state index in [4.69, 9.17) is 5.73 Å². The molecule has 3 heteroatoms. The molecule has 2 N–H and O–H groups in total. The average molecular weight is 233 g/mol. The molecule has 0 amide bonds. The zero-order valence-electron chi connectivity index (χ0n) is 10.9. The quantitative estimate of drug-likeness (QED) is 0.858. The van der Waals surface area contributed by atoms with E-state index in [1.807, 2.05) is 0 Å². The molecule has 1 aliphatic rings. The van der Waals surface area contributed by atoms with Gasteiger partial charge in [0.2, 0.25) is 0 Å². The maximum atomic E-state index is 5.83. The monoisotopic (exact) mass is 233 g/mol. The van der Waals surface area contributed by atoms with E-state index in [0.717, 1.165) is 32.7 Å². The zero-order valence-corrected chi connectivity index (χ0v) is 10.9. The van der Waals surface area contributed by atoms with Crippen molar-refractivity contribution in [2.24, 2.45) is 5.73 Å². The number of hydrogen-bond donors (Lipinski definition) is 1. The lowest BCUT2D eigenvalue weighted by molar-refractivity contribution is 0.247. The third-order valence-corrected chi connectivity index (χ3v) is 3.32. The molecule has 1 aromatic carbocycles. The fourth-order valence-electron chi connectivity index (χ4n) is 2.35. The molecule has 0 spiro atoms. The highest BCUT2D eigenvalue weighted by Gasteiger charge is 2.17. The Hall–Kier alpha value is -1.06. The number of nitrogens with zero attached hydrogens (tertiary/aromatic N) is 2. The number of aryl methyl sites for hydroxylation is 1. The number of nitrogens with two attached hydrogens (primary N) is 1. The second-order valence-electron chi connectivity index (χ2n) is 5.10. The average Bonchev–Trinajstić information content (AvgIpc) is 2.30. The highest BCUT2D eigenvalue weighted by Crippen LogP contribution is 2.16. The fourth-order valence-corrected chi connectivity index (χ4v) is 2.35. The van der Waals surface area contributed by atoms with Crippen LogP contribution in [0.15, 0.2) is 24.3 Å². The molecular weight excluding hydrogens is 210 g/mol. The Morgan fingerprint density at radius 3 is 2.24 bits per heavy atom. The lowest BCUT2D eigenvalue weighted by atomic mass is 10.2. The highest BCUT2D eigenvalue weighted by molar-refractivity contribution is 5.47. The SMILES string of the molecule is Cc1ccc(N2CCN(CC(C)N)CC2)cc1. The highest BCUT2D eigenvalue weighted by atomic mass is 15.3. The first kappa shape index (κ1) is 12.4. The largest absolute Gasteiger partial charge is 0.369 e. The van der Waals surface area contributed by atoms with Crippen molar-refractivity contribution < 1.29 is 0 Å². The Morgan fingerprint density at radius 1 is 1.12 bits per heavy atom. The van der Waals surface area contributed by atoms with Crippen molar-refractivity contribution in [3.05, 3.63) is 29.8 Å². The van der Waals surface area contributed by atoms with Gasteiger partial charge in [0.25, 0.3) is 0 Å². The summed E-state index contributed by atoms with van der Waals surface area (Å²) in [6, 6.07) is 9.08. The van der Waals surface area contributed by atoms with E-state index in [1.54, 1.807) is 0 Å². The third kappa shape index (κ3) is 3.45. The van der Waals surface area contributed by atoms with Gasteiger partial charge in [-0.2, -0.15) is 0 Å². The van der Waals surface area contributed by atoms with Gasteiger partial charge in [0.05, 0.1) is 0 Å². The minimum absolute atomic E-state index is 0.279. The number of rotatable bonds is 3. The lowest BCUT2D eigenvalue weighted by Gasteiger charge is -2.36. The van der Waals surface area contributed by atoms with Gasteiger partial charge in [0, 0.05) is 44.5 Å². The first-order valence-electron chi connectivity index (χ1n) is 6.45. The molecule has 0 bridgehead atoms. The smallest absolute Gasteiger partial charge is 0.0367 e. The molecule has 1 aliphatic heterocycles. The Kier molecular flexibility index (Phi) is 4.02. The lowest BCUT2D eigenvalue weighted by Crippen LogP contribution is -2.49. The molecule has 1 fully saturated rings. The Morgan fingerprint density at radius 2 is 1.71 bits per heavy atom. The number of benzene rings is 1. The number of hydrogen-bond acceptors (Lipinski definition) is 3. The van der Waals surface area contributed by atoms with E-state index in [2.05, 4.69) is 47.9 Å². The molecule has 1 atom stereocenters. The summed E-state index contributed by atoms with van der Waals surface area (Å²) >= 11 is 0. The van der Waals surface area contributed by atoms with E-state index >= 15 is 0 Å². The van der Waals surface area contributed by atoms with E-state index in [1.165, 1.54) is 11.3 Å². The van der Waals surface area contributed by atoms with Gasteiger partial charge in [-0.25, -0.2) is 0 Å². The van der Waals surface area contributed by atoms with E-state index in [9.17, 15) is 0 Å². The van der Waals surface area contributed by atoms with Gasteiger partial charge in [0.15, 0.2) is 0 Å². The van der Waals surface area contributed by atoms with Crippen LogP contribution in [0.4, 0.5) is 5.69 Å². The summed E-state index contributed by atoms with van der Waals surface area (Å²) in [5, 5.41) is 0. The van der Waals surface area contributed by atoms with Crippen LogP contribution in [0.25, 0.3) is 0 Å². The van der Waals surface area contributed by atoms with Crippen LogP contribution < -0.4 is 10.6 Å². The van der Waals surface area contributed by atoms with Crippen molar-refractivity contribution >= 4 is 5.69 Å². The van der Waals surface area contributed by atoms with Crippen molar-refractivity contribution in [2.45, 2.75) is 19.9 Å². The normalized spacial score (nSPS) is 19.4. The first-order valence-corrected chi connectivity index (χ1v) is 6.45. The predicted octanol–water partition coefficient (Wildman–Crippen LogP) is 1.46. The van der Waals surface area contributed by atoms with Crippen LogP contribution in [-0.2, 0) is 0 Å². The van der Waals surface area contributed by atoms with Crippen molar-refractivity contribution in [1.29, 1.82) is 0 Å². The van der Waals surface area contributed by atoms with Crippen LogP contribution in [0.3, 0.4) is 0 Å². The molecule has 17 heavy (non-hydrogen) atoms. The second-order valence-corrected chi connectivity index (χ2v) is 5.10. The van der Waals surface area contributed by atoms with Gasteiger partial charge >= 0.3 is 0 Å². The van der Waals surface area contributed by atoms with Gasteiger partial charge in [-0.15, -0.1) is 0 Å². The molecule has 3 nitrogen and oxygen atoms in total. The van der Waals surface area contributed by atoms with E-state index in [-0.39, 0.29) is 6.04 Å². The molecular formula is C14H23N3. The van der Waals surface area contributed by atoms with E-state index in [0.29, 0.717) is 0 Å². The predicted molar refractivity (Wildman–Crippen MR) is 73.5 cm³/mol. The minimum Gasteiger partial charge on any atom is -0.369 e. The standard InChI is InChI=1S/C14H23N3/c1-12-3-5-14(6-4-12)17-9-7-16(8-10-17)11-13(2)15/h3-6,13H,7-11,15H2,1-2H3. The van der Waals surface area contributed by atoms with Crippen LogP contribution in [0.2, 0.25) is 0 Å². The van der Waals surface area contributed by atoms with Crippen LogP contribution >= 0.6 is 0 Å². The van der Waals surface area contributed by atoms with Crippen molar-refractivity contribution in [3.8, 4) is 0 Å². The van der Waals surface area contributed by atoms with Crippen molar-refractivity contribution in [1.82, 2.24) is 4.90 Å². The van der Waals surface area contributed by atoms with Crippen LogP contribution in [0.5, 0.6) is 0 Å². The second kappa shape index (κ2) is 5.52. The van der Waals surface area contributed by atoms with Crippen molar-refractivity contribution in [2.75, 3.05) is 37.6 Å². The summed E-state index contributed by atoms with van der Waals surface area (Å²) in [5.41, 5.74) is 8.50. The summed E-state index contributed by atoms with van der Waals surface area (Å²) in [5.74, 6) is 0. The Balaban J connectivity index is 1.88. The summed E-state index contributed by atoms with van der Waals surface area (Å²) in [6.45, 7) is 9.68. The van der Waals surface area contributed by atoms with Gasteiger partial charge < -0.3 is 10.6 Å². The Bertz CT molecular complexity index is 337. The van der Waals surface area contributed by atoms with Crippen LogP contribution in [0, 0.1) is 6.92 Å². The number of anilines is 1. The summed E-state index contributed by atoms with van der Waals surface area (Å²) in [4.78, 5) is 4.91. The molecule has 2 rings (SSSR count). The van der Waals surface area contributed by atoms with Crippen LogP contribution in [-0.4, -0.2) is 43.7 Å². The molecule has 1 unspecified atom stereocenters. The molecule has 0 radical (unpaired) electrons. The molecule has 1 saturated heterocycles. The van der Waals surface area contributed by atoms with Gasteiger partial charge in [-0.3, -0.25) is 4.90 Å². The van der Waals surface area contributed by atoms with E-state index < -0.39 is 0 Å². The topological polar surface area (TPSA) is 32.5 Å². The molecule has 0 aliphatic carbocycles. The van der Waals surface area contributed by atoms with Gasteiger partial charge in [-0.05, 0) is 26.0 Å². The third-order valence-electron chi connectivity index (χ3n) is 3.32. The summed E-state index contributed by atoms with van der Waals surface area (Å²) in [7, 11) is 0. The van der Waals surface area contributed by atoms with Crippen LogP contribution in [0.1, 0.15) is 12.5 Å². The summed E-state index contributed by atoms with van der Waals surface area (Å²) in [6.07, 6.45) is 0. The molecule has 1 aromatic rings. The zero-order chi connectivity index (χ0) is 12.3. The maximum Gasteiger partial charge on any atom is 0.0367 e. The molecule has 1 heterocycles. The fraction of sp³-hybridized carbons (Fsp3) is 0.571. The molecule has 0 saturated carbocycles. The molecule has 0 aromatic heterocycles. The van der Waals surface area contributed by atoms with Crippen molar-refractivity contribution in [3.63, 3.8) is 0 Å². The summed E-state index contributed by atoms with van der Waals surface area (Å²) < 4.78 is 0. The molecule has 94 valence electrons. The van der Waals surface area contributed by atoms with Gasteiger partial charge in [-0.1, -0.05) is 17.7 Å². The minimum atomic E-state index is 0.279. The maximum absolute atomic E-state index is 5.83. The Labute approximate surface area is 104 Å². The van der Waals surface area contributed by atoms with Gasteiger partial charge in [0.1, 0.15) is 0 Å².